The van der Waals surface area contributed by atoms with Gasteiger partial charge in [0.05, 0.1) is 12.5 Å². The molecule has 0 aliphatic carbocycles. The Morgan fingerprint density at radius 3 is 2.55 bits per heavy atom. The van der Waals surface area contributed by atoms with Gasteiger partial charge in [0, 0.05) is 38.1 Å². The number of carbonyl (C=O) groups is 1. The van der Waals surface area contributed by atoms with E-state index < -0.39 is 0 Å². The van der Waals surface area contributed by atoms with E-state index in [9.17, 15) is 4.79 Å². The highest BCUT2D eigenvalue weighted by Crippen LogP contribution is 2.36. The predicted octanol–water partition coefficient (Wildman–Crippen LogP) is 3.40. The number of aromatic nitrogens is 1. The molecule has 1 aromatic heterocycles. The van der Waals surface area contributed by atoms with Crippen LogP contribution in [0.5, 0.6) is 5.75 Å². The zero-order valence-electron chi connectivity index (χ0n) is 17.4. The second kappa shape index (κ2) is 8.95. The quantitative estimate of drug-likeness (QED) is 0.755. The standard InChI is InChI=1S/C24H31N3O2/c1-18(2)27-17-22(29-21-8-4-3-5-9-21)24(27)20-10-13-26(14-11-20)23(28)15-19-7-6-12-25-16-19/h3-9,12,16,18,20,22,24H,10-11,13-15,17H2,1-2H3/t22-,24-/m0/s1. The number of likely N-dealkylation sites (tertiary alicyclic amines) is 2. The number of pyridine rings is 1. The highest BCUT2D eigenvalue weighted by atomic mass is 16.5. The van der Waals surface area contributed by atoms with Crippen LogP contribution in [0.1, 0.15) is 32.3 Å². The van der Waals surface area contributed by atoms with Crippen molar-refractivity contribution in [3.8, 4) is 5.75 Å². The average molecular weight is 394 g/mol. The Bertz CT molecular complexity index is 788. The van der Waals surface area contributed by atoms with Gasteiger partial charge in [0.15, 0.2) is 0 Å². The van der Waals surface area contributed by atoms with Gasteiger partial charge in [-0.25, -0.2) is 0 Å². The molecule has 0 radical (unpaired) electrons. The van der Waals surface area contributed by atoms with Gasteiger partial charge in [-0.1, -0.05) is 24.3 Å². The van der Waals surface area contributed by atoms with Crippen LogP contribution in [0.3, 0.4) is 0 Å². The molecule has 0 N–H and O–H groups in total. The van der Waals surface area contributed by atoms with Crippen molar-refractivity contribution < 1.29 is 9.53 Å². The van der Waals surface area contributed by atoms with Crippen LogP contribution in [0.2, 0.25) is 0 Å². The zero-order chi connectivity index (χ0) is 20.2. The summed E-state index contributed by atoms with van der Waals surface area (Å²) < 4.78 is 6.32. The highest BCUT2D eigenvalue weighted by Gasteiger charge is 2.47. The van der Waals surface area contributed by atoms with E-state index in [4.69, 9.17) is 4.74 Å². The summed E-state index contributed by atoms with van der Waals surface area (Å²) in [5.74, 6) is 1.74. The average Bonchev–Trinajstić information content (AvgIpc) is 2.72. The second-order valence-corrected chi connectivity index (χ2v) is 8.51. The number of carbonyl (C=O) groups excluding carboxylic acids is 1. The van der Waals surface area contributed by atoms with Gasteiger partial charge in [-0.2, -0.15) is 0 Å². The third kappa shape index (κ3) is 4.61. The Morgan fingerprint density at radius 1 is 1.14 bits per heavy atom. The van der Waals surface area contributed by atoms with Crippen LogP contribution in [0.15, 0.2) is 54.9 Å². The molecule has 1 aromatic carbocycles. The van der Waals surface area contributed by atoms with E-state index >= 15 is 0 Å². The molecule has 2 atom stereocenters. The maximum Gasteiger partial charge on any atom is 0.227 e. The Balaban J connectivity index is 1.34. The molecule has 0 saturated carbocycles. The lowest BCUT2D eigenvalue weighted by Crippen LogP contribution is -2.68. The number of amides is 1. The molecule has 2 aromatic rings. The molecule has 154 valence electrons. The minimum Gasteiger partial charge on any atom is -0.487 e. The fourth-order valence-electron chi connectivity index (χ4n) is 4.70. The second-order valence-electron chi connectivity index (χ2n) is 8.51. The molecule has 4 rings (SSSR count). The summed E-state index contributed by atoms with van der Waals surface area (Å²) in [6.07, 6.45) is 6.29. The summed E-state index contributed by atoms with van der Waals surface area (Å²) in [5.41, 5.74) is 0.987. The molecular weight excluding hydrogens is 362 g/mol. The molecule has 2 aliphatic heterocycles. The Morgan fingerprint density at radius 2 is 1.90 bits per heavy atom. The molecule has 5 heteroatoms. The van der Waals surface area contributed by atoms with E-state index in [1.54, 1.807) is 12.4 Å². The van der Waals surface area contributed by atoms with E-state index in [0.717, 1.165) is 43.8 Å². The number of rotatable bonds is 6. The van der Waals surface area contributed by atoms with Crippen LogP contribution in [0, 0.1) is 5.92 Å². The largest absolute Gasteiger partial charge is 0.487 e. The monoisotopic (exact) mass is 393 g/mol. The summed E-state index contributed by atoms with van der Waals surface area (Å²) in [6.45, 7) is 7.18. The summed E-state index contributed by atoms with van der Waals surface area (Å²) in [4.78, 5) is 21.4. The van der Waals surface area contributed by atoms with Crippen molar-refractivity contribution in [2.45, 2.75) is 51.3 Å². The first-order valence-electron chi connectivity index (χ1n) is 10.8. The number of hydrogen-bond acceptors (Lipinski definition) is 4. The first kappa shape index (κ1) is 19.9. The number of ether oxygens (including phenoxy) is 1. The number of hydrogen-bond donors (Lipinski definition) is 0. The van der Waals surface area contributed by atoms with Crippen LogP contribution in [0.4, 0.5) is 0 Å². The fourth-order valence-corrected chi connectivity index (χ4v) is 4.70. The molecule has 0 unspecified atom stereocenters. The van der Waals surface area contributed by atoms with Gasteiger partial charge in [-0.15, -0.1) is 0 Å². The Kier molecular flexibility index (Phi) is 6.14. The van der Waals surface area contributed by atoms with Crippen LogP contribution < -0.4 is 4.74 Å². The summed E-state index contributed by atoms with van der Waals surface area (Å²) in [7, 11) is 0. The van der Waals surface area contributed by atoms with Crippen LogP contribution >= 0.6 is 0 Å². The van der Waals surface area contributed by atoms with E-state index in [1.165, 1.54) is 0 Å². The molecule has 2 saturated heterocycles. The molecule has 29 heavy (non-hydrogen) atoms. The maximum atomic E-state index is 12.7. The van der Waals surface area contributed by atoms with Gasteiger partial charge in [-0.05, 0) is 56.4 Å². The summed E-state index contributed by atoms with van der Waals surface area (Å²) in [6, 6.07) is 14.9. The van der Waals surface area contributed by atoms with Gasteiger partial charge in [0.25, 0.3) is 0 Å². The Hall–Kier alpha value is -2.40. The number of piperidine rings is 1. The van der Waals surface area contributed by atoms with E-state index in [0.29, 0.717) is 24.4 Å². The van der Waals surface area contributed by atoms with Gasteiger partial charge < -0.3 is 9.64 Å². The third-order valence-corrected chi connectivity index (χ3v) is 6.30. The SMILES string of the molecule is CC(C)N1C[C@H](Oc2ccccc2)[C@@H]1C1CCN(C(=O)Cc2cccnc2)CC1. The Labute approximate surface area is 173 Å². The van der Waals surface area contributed by atoms with Crippen molar-refractivity contribution in [3.05, 3.63) is 60.4 Å². The van der Waals surface area contributed by atoms with Crippen LogP contribution in [0.25, 0.3) is 0 Å². The molecule has 5 nitrogen and oxygen atoms in total. The minimum atomic E-state index is 0.211. The van der Waals surface area contributed by atoms with Crippen LogP contribution in [-0.4, -0.2) is 58.5 Å². The number of para-hydroxylation sites is 1. The normalized spacial score (nSPS) is 23.1. The molecular formula is C24H31N3O2. The van der Waals surface area contributed by atoms with E-state index in [2.05, 4.69) is 23.7 Å². The maximum absolute atomic E-state index is 12.7. The molecule has 3 heterocycles. The van der Waals surface area contributed by atoms with E-state index in [-0.39, 0.29) is 12.0 Å². The first-order chi connectivity index (χ1) is 14.1. The molecule has 0 spiro atoms. The lowest BCUT2D eigenvalue weighted by Gasteiger charge is -2.54. The van der Waals surface area contributed by atoms with Gasteiger partial charge in [-0.3, -0.25) is 14.7 Å². The summed E-state index contributed by atoms with van der Waals surface area (Å²) >= 11 is 0. The minimum absolute atomic E-state index is 0.211. The lowest BCUT2D eigenvalue weighted by molar-refractivity contribution is -0.135. The van der Waals surface area contributed by atoms with Crippen molar-refractivity contribution in [2.75, 3.05) is 19.6 Å². The number of benzene rings is 1. The first-order valence-corrected chi connectivity index (χ1v) is 10.8. The smallest absolute Gasteiger partial charge is 0.227 e. The fraction of sp³-hybridized carbons (Fsp3) is 0.500. The highest BCUT2D eigenvalue weighted by molar-refractivity contribution is 5.78. The summed E-state index contributed by atoms with van der Waals surface area (Å²) in [5, 5.41) is 0. The lowest BCUT2D eigenvalue weighted by atomic mass is 9.79. The molecule has 2 aliphatic rings. The van der Waals surface area contributed by atoms with Crippen molar-refractivity contribution in [2.24, 2.45) is 5.92 Å². The van der Waals surface area contributed by atoms with Gasteiger partial charge in [0.1, 0.15) is 11.9 Å². The molecule has 2 fully saturated rings. The van der Waals surface area contributed by atoms with Crippen molar-refractivity contribution in [3.63, 3.8) is 0 Å². The van der Waals surface area contributed by atoms with Crippen molar-refractivity contribution in [1.29, 1.82) is 0 Å². The third-order valence-electron chi connectivity index (χ3n) is 6.30. The van der Waals surface area contributed by atoms with Crippen molar-refractivity contribution in [1.82, 2.24) is 14.8 Å². The van der Waals surface area contributed by atoms with Gasteiger partial charge in [0.2, 0.25) is 5.91 Å². The predicted molar refractivity (Wildman–Crippen MR) is 114 cm³/mol. The topological polar surface area (TPSA) is 45.7 Å². The molecule has 1 amide bonds. The van der Waals surface area contributed by atoms with E-state index in [1.807, 2.05) is 47.4 Å². The van der Waals surface area contributed by atoms with Crippen LogP contribution in [-0.2, 0) is 11.2 Å². The molecule has 0 bridgehead atoms. The van der Waals surface area contributed by atoms with Gasteiger partial charge >= 0.3 is 0 Å². The number of nitrogens with zero attached hydrogens (tertiary/aromatic N) is 3. The van der Waals surface area contributed by atoms with Crippen molar-refractivity contribution >= 4 is 5.91 Å². The zero-order valence-corrected chi connectivity index (χ0v) is 17.4.